The Kier molecular flexibility index (Phi) is 9.95. The first-order valence-electron chi connectivity index (χ1n) is 17.9. The summed E-state index contributed by atoms with van der Waals surface area (Å²) < 4.78 is 2.34. The summed E-state index contributed by atoms with van der Waals surface area (Å²) in [5, 5.41) is 10.5. The zero-order valence-electron chi connectivity index (χ0n) is 30.2. The summed E-state index contributed by atoms with van der Waals surface area (Å²) in [4.78, 5) is 0. The minimum Gasteiger partial charge on any atom is -0.309 e. The van der Waals surface area contributed by atoms with Crippen LogP contribution in [0.2, 0.25) is 0 Å². The van der Waals surface area contributed by atoms with Crippen molar-refractivity contribution in [2.45, 2.75) is 20.8 Å². The van der Waals surface area contributed by atoms with Crippen molar-refractivity contribution in [2.75, 3.05) is 0 Å². The Labute approximate surface area is 307 Å². The van der Waals surface area contributed by atoms with Crippen LogP contribution in [0, 0.1) is 6.92 Å². The molecule has 8 aromatic rings. The molecule has 0 aliphatic heterocycles. The zero-order chi connectivity index (χ0) is 36.0. The van der Waals surface area contributed by atoms with Crippen molar-refractivity contribution in [3.8, 4) is 5.69 Å². The van der Waals surface area contributed by atoms with Crippen LogP contribution in [0.1, 0.15) is 30.5 Å². The van der Waals surface area contributed by atoms with Gasteiger partial charge in [0.25, 0.3) is 0 Å². The highest BCUT2D eigenvalue weighted by molar-refractivity contribution is 6.25. The van der Waals surface area contributed by atoms with Crippen molar-refractivity contribution in [3.63, 3.8) is 0 Å². The lowest BCUT2D eigenvalue weighted by molar-refractivity contribution is 1.18. The second-order valence-corrected chi connectivity index (χ2v) is 13.0. The zero-order valence-corrected chi connectivity index (χ0v) is 30.2. The minimum absolute atomic E-state index is 1.15. The fraction of sp³-hybridized carbons (Fsp3) is 0.0588. The van der Waals surface area contributed by atoms with Crippen LogP contribution in [0.15, 0.2) is 195 Å². The van der Waals surface area contributed by atoms with Gasteiger partial charge in [-0.1, -0.05) is 164 Å². The lowest BCUT2D eigenvalue weighted by Crippen LogP contribution is -1.93. The molecule has 0 atom stereocenters. The summed E-state index contributed by atoms with van der Waals surface area (Å²) in [6.07, 6.45) is 16.2. The van der Waals surface area contributed by atoms with Crippen molar-refractivity contribution in [1.29, 1.82) is 0 Å². The lowest BCUT2D eigenvalue weighted by atomic mass is 9.93. The standard InChI is InChI=1S/C32H29N.C19H14/c1-5-12-24(13-6-2)26-18-20-31-29(22-26)30-23-27(25(14-7-3)15-8-4)19-21-32(30)33(31)28-16-10-9-11-17-28;1-13-10-11-18-16-8-3-2-6-14(16)15-7-4-5-9-17(15)19(18)12-13/h5-23H,1,3H2,2,4H3;2-12H,1H3/b13-6-,15-8-,24-12+,25-14+;. The van der Waals surface area contributed by atoms with Crippen LogP contribution in [-0.2, 0) is 0 Å². The van der Waals surface area contributed by atoms with E-state index in [1.54, 1.807) is 0 Å². The summed E-state index contributed by atoms with van der Waals surface area (Å²) >= 11 is 0. The van der Waals surface area contributed by atoms with Gasteiger partial charge in [-0.15, -0.1) is 0 Å². The van der Waals surface area contributed by atoms with Crippen LogP contribution in [0.4, 0.5) is 0 Å². The van der Waals surface area contributed by atoms with Crippen LogP contribution < -0.4 is 0 Å². The van der Waals surface area contributed by atoms with Crippen molar-refractivity contribution >= 4 is 65.3 Å². The van der Waals surface area contributed by atoms with E-state index in [0.717, 1.165) is 16.8 Å². The molecular weight excluding hydrogens is 627 g/mol. The summed E-state index contributed by atoms with van der Waals surface area (Å²) in [6, 6.07) is 48.1. The highest BCUT2D eigenvalue weighted by Gasteiger charge is 2.15. The average Bonchev–Trinajstić information content (AvgIpc) is 3.51. The first kappa shape index (κ1) is 34.0. The maximum atomic E-state index is 3.90. The summed E-state index contributed by atoms with van der Waals surface area (Å²) in [6.45, 7) is 14.0. The van der Waals surface area contributed by atoms with Gasteiger partial charge in [0.2, 0.25) is 0 Å². The number of hydrogen-bond donors (Lipinski definition) is 0. The van der Waals surface area contributed by atoms with E-state index in [2.05, 4.69) is 195 Å². The van der Waals surface area contributed by atoms with Gasteiger partial charge in [-0.05, 0) is 112 Å². The molecule has 1 aromatic heterocycles. The molecule has 0 unspecified atom stereocenters. The molecule has 0 N–H and O–H groups in total. The Balaban J connectivity index is 0.000000186. The third-order valence-electron chi connectivity index (χ3n) is 9.63. The second-order valence-electron chi connectivity index (χ2n) is 13.0. The normalized spacial score (nSPS) is 12.4. The molecule has 52 heavy (non-hydrogen) atoms. The fourth-order valence-corrected chi connectivity index (χ4v) is 7.37. The van der Waals surface area contributed by atoms with Crippen molar-refractivity contribution in [2.24, 2.45) is 0 Å². The maximum Gasteiger partial charge on any atom is 0.0541 e. The van der Waals surface area contributed by atoms with Gasteiger partial charge in [-0.3, -0.25) is 0 Å². The molecule has 0 radical (unpaired) electrons. The van der Waals surface area contributed by atoms with Crippen LogP contribution in [-0.4, -0.2) is 4.57 Å². The average molecular weight is 670 g/mol. The third-order valence-corrected chi connectivity index (χ3v) is 9.63. The first-order valence-corrected chi connectivity index (χ1v) is 17.9. The monoisotopic (exact) mass is 669 g/mol. The van der Waals surface area contributed by atoms with Crippen LogP contribution >= 0.6 is 0 Å². The van der Waals surface area contributed by atoms with Crippen molar-refractivity contribution in [3.05, 3.63) is 212 Å². The van der Waals surface area contributed by atoms with E-state index in [0.29, 0.717) is 0 Å². The molecule has 1 heterocycles. The number of aromatic nitrogens is 1. The molecule has 0 saturated heterocycles. The number of fused-ring (bicyclic) bond motifs is 9. The fourth-order valence-electron chi connectivity index (χ4n) is 7.37. The predicted molar refractivity (Wildman–Crippen MR) is 230 cm³/mol. The number of rotatable bonds is 7. The van der Waals surface area contributed by atoms with Gasteiger partial charge in [-0.2, -0.15) is 0 Å². The summed E-state index contributed by atoms with van der Waals surface area (Å²) in [5.74, 6) is 0. The van der Waals surface area contributed by atoms with Gasteiger partial charge in [-0.25, -0.2) is 0 Å². The number of benzene rings is 7. The second kappa shape index (κ2) is 15.2. The van der Waals surface area contributed by atoms with E-state index in [4.69, 9.17) is 0 Å². The highest BCUT2D eigenvalue weighted by atomic mass is 15.0. The van der Waals surface area contributed by atoms with Crippen LogP contribution in [0.5, 0.6) is 0 Å². The quantitative estimate of drug-likeness (QED) is 0.118. The van der Waals surface area contributed by atoms with Crippen molar-refractivity contribution in [1.82, 2.24) is 4.57 Å². The molecule has 0 aliphatic rings. The Morgan fingerprint density at radius 2 is 0.904 bits per heavy atom. The Morgan fingerprint density at radius 3 is 1.37 bits per heavy atom. The molecule has 0 spiro atoms. The number of aryl methyl sites for hydroxylation is 1. The van der Waals surface area contributed by atoms with Crippen molar-refractivity contribution < 1.29 is 0 Å². The maximum absolute atomic E-state index is 3.90. The van der Waals surface area contributed by atoms with Crippen LogP contribution in [0.3, 0.4) is 0 Å². The molecule has 252 valence electrons. The molecule has 0 aliphatic carbocycles. The lowest BCUT2D eigenvalue weighted by Gasteiger charge is -2.10. The molecule has 1 nitrogen and oxygen atoms in total. The Morgan fingerprint density at radius 1 is 0.462 bits per heavy atom. The smallest absolute Gasteiger partial charge is 0.0541 e. The molecule has 0 saturated carbocycles. The molecule has 8 rings (SSSR count). The van der Waals surface area contributed by atoms with E-state index >= 15 is 0 Å². The number of para-hydroxylation sites is 1. The van der Waals surface area contributed by atoms with Gasteiger partial charge in [0.1, 0.15) is 0 Å². The third kappa shape index (κ3) is 6.45. The minimum atomic E-state index is 1.15. The largest absolute Gasteiger partial charge is 0.309 e. The van der Waals surface area contributed by atoms with E-state index < -0.39 is 0 Å². The van der Waals surface area contributed by atoms with Gasteiger partial charge in [0.15, 0.2) is 0 Å². The van der Waals surface area contributed by atoms with E-state index in [-0.39, 0.29) is 0 Å². The number of nitrogens with zero attached hydrogens (tertiary/aromatic N) is 1. The van der Waals surface area contributed by atoms with Gasteiger partial charge in [0.05, 0.1) is 11.0 Å². The van der Waals surface area contributed by atoms with E-state index in [1.807, 2.05) is 26.0 Å². The molecule has 1 heteroatoms. The molecule has 7 aromatic carbocycles. The molecule has 0 fully saturated rings. The van der Waals surface area contributed by atoms with E-state index in [1.165, 1.54) is 70.8 Å². The first-order chi connectivity index (χ1) is 25.6. The molecule has 0 amide bonds. The topological polar surface area (TPSA) is 4.93 Å². The van der Waals surface area contributed by atoms with Crippen LogP contribution in [0.25, 0.3) is 71.0 Å². The summed E-state index contributed by atoms with van der Waals surface area (Å²) in [7, 11) is 0. The SMILES string of the molecule is C=C/C=C(\C=C/C)c1ccc2c(c1)c1cc(C(/C=C\C)=C/C=C)ccc1n2-c1ccccc1.Cc1ccc2c3ccccc3c3ccccc3c2c1. The van der Waals surface area contributed by atoms with E-state index in [9.17, 15) is 0 Å². The molecular formula is C51H43N. The van der Waals surface area contributed by atoms with Gasteiger partial charge < -0.3 is 4.57 Å². The Bertz CT molecular complexity index is 2600. The predicted octanol–water partition coefficient (Wildman–Crippen LogP) is 14.5. The van der Waals surface area contributed by atoms with Gasteiger partial charge in [0, 0.05) is 16.5 Å². The molecule has 0 bridgehead atoms. The van der Waals surface area contributed by atoms with Gasteiger partial charge >= 0.3 is 0 Å². The number of hydrogen-bond acceptors (Lipinski definition) is 0. The highest BCUT2D eigenvalue weighted by Crippen LogP contribution is 2.37. The summed E-state index contributed by atoms with van der Waals surface area (Å²) in [5.41, 5.74) is 9.49. The Hall–Kier alpha value is -6.44. The number of allylic oxidation sites excluding steroid dienone is 10.